The minimum atomic E-state index is -1.11. The van der Waals surface area contributed by atoms with Gasteiger partial charge >= 0.3 is 5.97 Å². The fourth-order valence-electron chi connectivity index (χ4n) is 1.93. The van der Waals surface area contributed by atoms with Crippen LogP contribution in [0.1, 0.15) is 48.5 Å². The smallest absolute Gasteiger partial charge is 0.373 e. The molecule has 1 N–H and O–H groups in total. The second-order valence-corrected chi connectivity index (χ2v) is 5.58. The number of furan rings is 1. The zero-order chi connectivity index (χ0) is 14.4. The third-order valence-corrected chi connectivity index (χ3v) is 2.80. The van der Waals surface area contributed by atoms with Crippen LogP contribution in [0.15, 0.2) is 14.9 Å². The van der Waals surface area contributed by atoms with Crippen molar-refractivity contribution >= 4 is 5.97 Å². The minimum absolute atomic E-state index is 0.110. The number of nitrogens with zero attached hydrogens (tertiary/aromatic N) is 1. The molecule has 2 aromatic rings. The van der Waals surface area contributed by atoms with Gasteiger partial charge in [-0.15, -0.1) is 0 Å². The first-order chi connectivity index (χ1) is 8.70. The fraction of sp³-hybridized carbons (Fsp3) is 0.429. The first kappa shape index (κ1) is 13.4. The molecule has 0 bridgehead atoms. The van der Waals surface area contributed by atoms with Crippen molar-refractivity contribution in [2.75, 3.05) is 0 Å². The van der Waals surface area contributed by atoms with Crippen LogP contribution in [0, 0.1) is 13.8 Å². The van der Waals surface area contributed by atoms with Crippen molar-refractivity contribution in [3.63, 3.8) is 0 Å². The van der Waals surface area contributed by atoms with Gasteiger partial charge in [0, 0.05) is 5.41 Å². The molecule has 5 heteroatoms. The molecule has 102 valence electrons. The number of carboxylic acids is 1. The van der Waals surface area contributed by atoms with Crippen LogP contribution < -0.4 is 0 Å². The largest absolute Gasteiger partial charge is 0.475 e. The number of hydrogen-bond donors (Lipinski definition) is 1. The van der Waals surface area contributed by atoms with Crippen LogP contribution in [0.2, 0.25) is 0 Å². The fourth-order valence-corrected chi connectivity index (χ4v) is 1.93. The van der Waals surface area contributed by atoms with Crippen LogP contribution in [0.4, 0.5) is 0 Å². The summed E-state index contributed by atoms with van der Waals surface area (Å²) in [5.41, 5.74) is 0.728. The summed E-state index contributed by atoms with van der Waals surface area (Å²) in [6, 6.07) is 1.79. The molecule has 0 saturated carbocycles. The summed E-state index contributed by atoms with van der Waals surface area (Å²) in [4.78, 5) is 15.6. The zero-order valence-electron chi connectivity index (χ0n) is 11.7. The molecule has 0 fully saturated rings. The third kappa shape index (κ3) is 2.41. The van der Waals surface area contributed by atoms with Crippen molar-refractivity contribution in [1.29, 1.82) is 0 Å². The summed E-state index contributed by atoms with van der Waals surface area (Å²) >= 11 is 0. The van der Waals surface area contributed by atoms with Gasteiger partial charge in [-0.3, -0.25) is 0 Å². The molecule has 2 heterocycles. The predicted octanol–water partition coefficient (Wildman–Crippen LogP) is 3.55. The maximum absolute atomic E-state index is 11.2. The minimum Gasteiger partial charge on any atom is -0.475 e. The van der Waals surface area contributed by atoms with Gasteiger partial charge in [-0.25, -0.2) is 9.78 Å². The highest BCUT2D eigenvalue weighted by Gasteiger charge is 2.30. The number of aromatic nitrogens is 1. The molecule has 0 saturated heterocycles. The quantitative estimate of drug-likeness (QED) is 0.896. The lowest BCUT2D eigenvalue weighted by atomic mass is 9.91. The van der Waals surface area contributed by atoms with Crippen LogP contribution >= 0.6 is 0 Å². The van der Waals surface area contributed by atoms with E-state index in [-0.39, 0.29) is 11.7 Å². The van der Waals surface area contributed by atoms with Crippen molar-refractivity contribution in [3.05, 3.63) is 29.0 Å². The Balaban J connectivity index is 2.61. The highest BCUT2D eigenvalue weighted by molar-refractivity contribution is 5.86. The Labute approximate surface area is 111 Å². The number of hydrogen-bond acceptors (Lipinski definition) is 4. The van der Waals surface area contributed by atoms with Crippen molar-refractivity contribution in [3.8, 4) is 11.5 Å². The van der Waals surface area contributed by atoms with Gasteiger partial charge in [0.15, 0.2) is 0 Å². The Morgan fingerprint density at radius 1 is 1.26 bits per heavy atom. The molecule has 0 aliphatic heterocycles. The van der Waals surface area contributed by atoms with E-state index in [9.17, 15) is 9.90 Å². The van der Waals surface area contributed by atoms with Crippen LogP contribution in [0.25, 0.3) is 11.5 Å². The van der Waals surface area contributed by atoms with E-state index in [2.05, 4.69) is 4.98 Å². The van der Waals surface area contributed by atoms with Crippen LogP contribution in [0.3, 0.4) is 0 Å². The van der Waals surface area contributed by atoms with E-state index in [1.165, 1.54) is 0 Å². The van der Waals surface area contributed by atoms with E-state index in [1.807, 2.05) is 27.7 Å². The van der Waals surface area contributed by atoms with E-state index in [0.29, 0.717) is 17.0 Å². The molecule has 0 radical (unpaired) electrons. The molecule has 0 amide bonds. The van der Waals surface area contributed by atoms with Gasteiger partial charge in [0.05, 0.1) is 5.56 Å². The number of aryl methyl sites for hydroxylation is 2. The average molecular weight is 263 g/mol. The summed E-state index contributed by atoms with van der Waals surface area (Å²) in [6.45, 7) is 9.31. The van der Waals surface area contributed by atoms with E-state index in [4.69, 9.17) is 8.83 Å². The van der Waals surface area contributed by atoms with Gasteiger partial charge < -0.3 is 13.9 Å². The lowest BCUT2D eigenvalue weighted by Gasteiger charge is -2.14. The Bertz CT molecular complexity index is 628. The van der Waals surface area contributed by atoms with E-state index < -0.39 is 11.4 Å². The molecule has 0 aromatic carbocycles. The van der Waals surface area contributed by atoms with E-state index >= 15 is 0 Å². The summed E-state index contributed by atoms with van der Waals surface area (Å²) in [5.74, 6) is 0.468. The Morgan fingerprint density at radius 3 is 2.26 bits per heavy atom. The van der Waals surface area contributed by atoms with E-state index in [1.54, 1.807) is 13.0 Å². The van der Waals surface area contributed by atoms with Crippen LogP contribution in [-0.2, 0) is 5.41 Å². The van der Waals surface area contributed by atoms with Gasteiger partial charge in [0.25, 0.3) is 0 Å². The second-order valence-electron chi connectivity index (χ2n) is 5.58. The first-order valence-electron chi connectivity index (χ1n) is 6.02. The molecule has 0 unspecified atom stereocenters. The van der Waals surface area contributed by atoms with Gasteiger partial charge in [-0.2, -0.15) is 0 Å². The summed E-state index contributed by atoms with van der Waals surface area (Å²) in [6.07, 6.45) is 0. The summed E-state index contributed by atoms with van der Waals surface area (Å²) < 4.78 is 10.8. The van der Waals surface area contributed by atoms with Crippen LogP contribution in [-0.4, -0.2) is 16.1 Å². The van der Waals surface area contributed by atoms with Gasteiger partial charge in [0.2, 0.25) is 11.7 Å². The van der Waals surface area contributed by atoms with Gasteiger partial charge in [-0.1, -0.05) is 20.8 Å². The number of carbonyl (C=O) groups is 1. The van der Waals surface area contributed by atoms with Gasteiger partial charge in [-0.05, 0) is 19.9 Å². The Morgan fingerprint density at radius 2 is 1.89 bits per heavy atom. The molecule has 0 aliphatic rings. The lowest BCUT2D eigenvalue weighted by molar-refractivity contribution is 0.0659. The SMILES string of the molecule is Cc1cc(-c2nc(C(C)(C)C)c(C(=O)O)o2)c(C)o1. The predicted molar refractivity (Wildman–Crippen MR) is 69.3 cm³/mol. The number of rotatable bonds is 2. The van der Waals surface area contributed by atoms with E-state index in [0.717, 1.165) is 5.76 Å². The second kappa shape index (κ2) is 4.26. The standard InChI is InChI=1S/C14H17NO4/c1-7-6-9(8(2)18-7)12-15-11(14(3,4)5)10(19-12)13(16)17/h6H,1-5H3,(H,16,17). The molecule has 2 rings (SSSR count). The average Bonchev–Trinajstić information content (AvgIpc) is 2.80. The molecule has 2 aromatic heterocycles. The number of aromatic carboxylic acids is 1. The van der Waals surface area contributed by atoms with Crippen molar-refractivity contribution in [1.82, 2.24) is 4.98 Å². The summed E-state index contributed by atoms with van der Waals surface area (Å²) in [5, 5.41) is 9.21. The molecule has 5 nitrogen and oxygen atoms in total. The topological polar surface area (TPSA) is 76.5 Å². The normalized spacial score (nSPS) is 11.8. The highest BCUT2D eigenvalue weighted by Crippen LogP contribution is 2.32. The maximum atomic E-state index is 11.2. The van der Waals surface area contributed by atoms with Crippen molar-refractivity contribution in [2.45, 2.75) is 40.0 Å². The highest BCUT2D eigenvalue weighted by atomic mass is 16.4. The first-order valence-corrected chi connectivity index (χ1v) is 6.02. The molecule has 0 aliphatic carbocycles. The number of carboxylic acid groups (broad SMARTS) is 1. The number of oxazole rings is 1. The van der Waals surface area contributed by atoms with Crippen molar-refractivity contribution < 1.29 is 18.7 Å². The molecule has 19 heavy (non-hydrogen) atoms. The molecule has 0 atom stereocenters. The zero-order valence-corrected chi connectivity index (χ0v) is 11.7. The van der Waals surface area contributed by atoms with Crippen molar-refractivity contribution in [2.24, 2.45) is 0 Å². The Hall–Kier alpha value is -2.04. The lowest BCUT2D eigenvalue weighted by Crippen LogP contribution is -2.16. The molecular weight excluding hydrogens is 246 g/mol. The molecule has 0 spiro atoms. The molecular formula is C14H17NO4. The van der Waals surface area contributed by atoms with Crippen LogP contribution in [0.5, 0.6) is 0 Å². The van der Waals surface area contributed by atoms with Gasteiger partial charge in [0.1, 0.15) is 17.2 Å². The third-order valence-electron chi connectivity index (χ3n) is 2.80. The summed E-state index contributed by atoms with van der Waals surface area (Å²) in [7, 11) is 0. The maximum Gasteiger partial charge on any atom is 0.373 e. The Kier molecular flexibility index (Phi) is 3.00. The monoisotopic (exact) mass is 263 g/mol.